The molecule has 0 aliphatic carbocycles. The summed E-state index contributed by atoms with van der Waals surface area (Å²) in [6.45, 7) is 6.04. The Hall–Kier alpha value is -1.70. The van der Waals surface area contributed by atoms with Crippen LogP contribution in [-0.4, -0.2) is 0 Å². The van der Waals surface area contributed by atoms with Crippen molar-refractivity contribution < 1.29 is 8.78 Å². The zero-order valence-corrected chi connectivity index (χ0v) is 14.4. The molecule has 2 aromatic carbocycles. The van der Waals surface area contributed by atoms with Gasteiger partial charge in [-0.1, -0.05) is 70.4 Å². The summed E-state index contributed by atoms with van der Waals surface area (Å²) in [5.41, 5.74) is 3.35. The van der Waals surface area contributed by atoms with Crippen LogP contribution in [0.5, 0.6) is 0 Å². The molecular formula is C21H26F2. The molecule has 0 amide bonds. The van der Waals surface area contributed by atoms with E-state index in [1.165, 1.54) is 0 Å². The van der Waals surface area contributed by atoms with Crippen LogP contribution in [0.15, 0.2) is 30.3 Å². The first-order chi connectivity index (χ1) is 11.2. The second-order valence-electron chi connectivity index (χ2n) is 6.05. The van der Waals surface area contributed by atoms with Crippen LogP contribution < -0.4 is 0 Å². The summed E-state index contributed by atoms with van der Waals surface area (Å²) in [5, 5.41) is 0. The normalized spacial score (nSPS) is 11.0. The fourth-order valence-electron chi connectivity index (χ4n) is 3.25. The smallest absolute Gasteiger partial charge is 0.133 e. The van der Waals surface area contributed by atoms with E-state index in [1.807, 2.05) is 51.1 Å². The lowest BCUT2D eigenvalue weighted by atomic mass is 9.86. The molecule has 0 heterocycles. The molecule has 0 saturated carbocycles. The molecule has 0 aromatic heterocycles. The van der Waals surface area contributed by atoms with Crippen molar-refractivity contribution in [3.63, 3.8) is 0 Å². The van der Waals surface area contributed by atoms with Crippen LogP contribution >= 0.6 is 0 Å². The first-order valence-electron chi connectivity index (χ1n) is 8.72. The van der Waals surface area contributed by atoms with Gasteiger partial charge < -0.3 is 0 Å². The monoisotopic (exact) mass is 316 g/mol. The first-order valence-corrected chi connectivity index (χ1v) is 8.72. The highest BCUT2D eigenvalue weighted by molar-refractivity contribution is 5.72. The Kier molecular flexibility index (Phi) is 6.32. The molecule has 23 heavy (non-hydrogen) atoms. The zero-order chi connectivity index (χ0) is 16.8. The number of rotatable bonds is 7. The van der Waals surface area contributed by atoms with Gasteiger partial charge in [0, 0.05) is 5.56 Å². The van der Waals surface area contributed by atoms with Gasteiger partial charge in [0.25, 0.3) is 0 Å². The summed E-state index contributed by atoms with van der Waals surface area (Å²) >= 11 is 0. The predicted octanol–water partition coefficient (Wildman–Crippen LogP) is 6.49. The largest absolute Gasteiger partial charge is 0.206 e. The van der Waals surface area contributed by atoms with Gasteiger partial charge in [0.05, 0.1) is 0 Å². The average molecular weight is 316 g/mol. The Labute approximate surface area is 138 Å². The van der Waals surface area contributed by atoms with Crippen molar-refractivity contribution in [1.82, 2.24) is 0 Å². The van der Waals surface area contributed by atoms with Gasteiger partial charge in [0.2, 0.25) is 0 Å². The van der Waals surface area contributed by atoms with Gasteiger partial charge in [-0.15, -0.1) is 0 Å². The van der Waals surface area contributed by atoms with Gasteiger partial charge in [0.1, 0.15) is 11.6 Å². The molecule has 0 aliphatic rings. The van der Waals surface area contributed by atoms with Gasteiger partial charge in [-0.05, 0) is 41.5 Å². The summed E-state index contributed by atoms with van der Waals surface area (Å²) < 4.78 is 30.1. The van der Waals surface area contributed by atoms with Crippen LogP contribution in [0.25, 0.3) is 11.1 Å². The third-order valence-electron chi connectivity index (χ3n) is 4.23. The van der Waals surface area contributed by atoms with E-state index in [0.717, 1.165) is 30.4 Å². The van der Waals surface area contributed by atoms with Crippen LogP contribution in [0, 0.1) is 11.6 Å². The third-order valence-corrected chi connectivity index (χ3v) is 4.23. The van der Waals surface area contributed by atoms with E-state index in [4.69, 9.17) is 0 Å². The molecule has 0 bridgehead atoms. The van der Waals surface area contributed by atoms with Crippen molar-refractivity contribution in [3.05, 3.63) is 58.7 Å². The molecule has 2 aromatic rings. The predicted molar refractivity (Wildman–Crippen MR) is 93.8 cm³/mol. The topological polar surface area (TPSA) is 0 Å². The van der Waals surface area contributed by atoms with Crippen molar-refractivity contribution >= 4 is 0 Å². The summed E-state index contributed by atoms with van der Waals surface area (Å²) in [6.07, 6.45) is 4.18. The Morgan fingerprint density at radius 3 is 1.52 bits per heavy atom. The van der Waals surface area contributed by atoms with E-state index in [0.29, 0.717) is 30.4 Å². The Balaban J connectivity index is 2.80. The first kappa shape index (κ1) is 17.7. The maximum Gasteiger partial charge on any atom is 0.133 e. The van der Waals surface area contributed by atoms with Gasteiger partial charge in [-0.2, -0.15) is 0 Å². The quantitative estimate of drug-likeness (QED) is 0.547. The van der Waals surface area contributed by atoms with E-state index in [-0.39, 0.29) is 17.2 Å². The lowest BCUT2D eigenvalue weighted by Gasteiger charge is -2.20. The summed E-state index contributed by atoms with van der Waals surface area (Å²) in [7, 11) is 0. The number of hydrogen-bond acceptors (Lipinski definition) is 0. The Morgan fingerprint density at radius 2 is 1.09 bits per heavy atom. The molecule has 2 heteroatoms. The van der Waals surface area contributed by atoms with Crippen molar-refractivity contribution in [2.24, 2.45) is 0 Å². The SMILES string of the molecule is CCCc1c(F)c(CCC)c(-c2ccccc2)c(CCC)c1F. The molecule has 0 radical (unpaired) electrons. The lowest BCUT2D eigenvalue weighted by Crippen LogP contribution is -2.09. The van der Waals surface area contributed by atoms with Gasteiger partial charge in [-0.3, -0.25) is 0 Å². The summed E-state index contributed by atoms with van der Waals surface area (Å²) in [4.78, 5) is 0. The zero-order valence-electron chi connectivity index (χ0n) is 14.4. The molecule has 2 rings (SSSR count). The van der Waals surface area contributed by atoms with Crippen LogP contribution in [0.2, 0.25) is 0 Å². The average Bonchev–Trinajstić information content (AvgIpc) is 2.57. The minimum absolute atomic E-state index is 0.277. The molecule has 0 fully saturated rings. The van der Waals surface area contributed by atoms with E-state index in [2.05, 4.69) is 0 Å². The van der Waals surface area contributed by atoms with Crippen molar-refractivity contribution in [3.8, 4) is 11.1 Å². The highest BCUT2D eigenvalue weighted by atomic mass is 19.1. The van der Waals surface area contributed by atoms with Gasteiger partial charge in [0.15, 0.2) is 0 Å². The van der Waals surface area contributed by atoms with Crippen LogP contribution in [0.1, 0.15) is 56.7 Å². The number of halogens is 2. The fraction of sp³-hybridized carbons (Fsp3) is 0.429. The maximum atomic E-state index is 15.0. The van der Waals surface area contributed by atoms with Crippen molar-refractivity contribution in [2.45, 2.75) is 59.3 Å². The molecule has 0 saturated heterocycles. The van der Waals surface area contributed by atoms with Crippen molar-refractivity contribution in [1.29, 1.82) is 0 Å². The second-order valence-corrected chi connectivity index (χ2v) is 6.05. The van der Waals surface area contributed by atoms with Crippen LogP contribution in [0.3, 0.4) is 0 Å². The summed E-state index contributed by atoms with van der Waals surface area (Å²) in [6, 6.07) is 9.69. The van der Waals surface area contributed by atoms with E-state index in [9.17, 15) is 0 Å². The van der Waals surface area contributed by atoms with Gasteiger partial charge >= 0.3 is 0 Å². The van der Waals surface area contributed by atoms with Gasteiger partial charge in [-0.25, -0.2) is 8.78 Å². The molecule has 0 aliphatic heterocycles. The second kappa shape index (κ2) is 8.24. The van der Waals surface area contributed by atoms with E-state index < -0.39 is 0 Å². The molecule has 124 valence electrons. The summed E-state index contributed by atoms with van der Waals surface area (Å²) in [5.74, 6) is -0.658. The maximum absolute atomic E-state index is 15.0. The molecular weight excluding hydrogens is 290 g/mol. The molecule has 0 nitrogen and oxygen atoms in total. The minimum atomic E-state index is -0.329. The standard InChI is InChI=1S/C21H26F2/c1-4-10-16-19(15-13-8-7-9-14-15)17(11-5-2)21(23)18(12-6-3)20(16)22/h7-9,13-14H,4-6,10-12H2,1-3H3. The third kappa shape index (κ3) is 3.63. The molecule has 0 spiro atoms. The Morgan fingerprint density at radius 1 is 0.652 bits per heavy atom. The van der Waals surface area contributed by atoms with E-state index in [1.54, 1.807) is 0 Å². The number of benzene rings is 2. The van der Waals surface area contributed by atoms with Crippen molar-refractivity contribution in [2.75, 3.05) is 0 Å². The number of hydrogen-bond donors (Lipinski definition) is 0. The van der Waals surface area contributed by atoms with Crippen LogP contribution in [0.4, 0.5) is 8.78 Å². The van der Waals surface area contributed by atoms with E-state index >= 15 is 8.78 Å². The molecule has 0 N–H and O–H groups in total. The van der Waals surface area contributed by atoms with Crippen LogP contribution in [-0.2, 0) is 19.3 Å². The molecule has 0 unspecified atom stereocenters. The highest BCUT2D eigenvalue weighted by Gasteiger charge is 2.23. The Bertz CT molecular complexity index is 612. The fourth-order valence-corrected chi connectivity index (χ4v) is 3.25. The lowest BCUT2D eigenvalue weighted by molar-refractivity contribution is 0.533. The highest BCUT2D eigenvalue weighted by Crippen LogP contribution is 2.36. The minimum Gasteiger partial charge on any atom is -0.206 e. The molecule has 0 atom stereocenters.